The van der Waals surface area contributed by atoms with Crippen LogP contribution in [0.4, 0.5) is 4.39 Å². The number of aryl methyl sites for hydroxylation is 1. The number of nitrogens with one attached hydrogen (secondary N) is 1. The summed E-state index contributed by atoms with van der Waals surface area (Å²) < 4.78 is 19.4. The molecular formula is C14H17BrFN3OS. The third kappa shape index (κ3) is 4.81. The first-order valence-electron chi connectivity index (χ1n) is 6.69. The molecule has 4 nitrogen and oxygen atoms in total. The lowest BCUT2D eigenvalue weighted by atomic mass is 10.2. The van der Waals surface area contributed by atoms with Crippen molar-refractivity contribution in [2.45, 2.75) is 12.8 Å². The van der Waals surface area contributed by atoms with Gasteiger partial charge in [0.05, 0.1) is 11.1 Å². The van der Waals surface area contributed by atoms with Gasteiger partial charge in [-0.2, -0.15) is 0 Å². The van der Waals surface area contributed by atoms with Crippen LogP contribution >= 0.6 is 27.3 Å². The number of aromatic nitrogens is 2. The normalized spacial score (nSPS) is 11.0. The maximum atomic E-state index is 14.0. The van der Waals surface area contributed by atoms with E-state index in [-0.39, 0.29) is 5.82 Å². The molecule has 0 saturated carbocycles. The SMILES string of the molecule is COCCNCCCc1nnc(-c2cccc(Br)c2F)s1. The van der Waals surface area contributed by atoms with Gasteiger partial charge in [0.15, 0.2) is 5.01 Å². The van der Waals surface area contributed by atoms with Crippen molar-refractivity contribution in [1.82, 2.24) is 15.5 Å². The van der Waals surface area contributed by atoms with Crippen LogP contribution in [0.15, 0.2) is 22.7 Å². The zero-order chi connectivity index (χ0) is 15.1. The van der Waals surface area contributed by atoms with Crippen molar-refractivity contribution in [1.29, 1.82) is 0 Å². The molecule has 0 aliphatic rings. The van der Waals surface area contributed by atoms with Crippen molar-refractivity contribution in [3.8, 4) is 10.6 Å². The molecule has 0 amide bonds. The van der Waals surface area contributed by atoms with Crippen LogP contribution in [0.3, 0.4) is 0 Å². The molecule has 0 spiro atoms. The summed E-state index contributed by atoms with van der Waals surface area (Å²) in [6.45, 7) is 2.47. The molecule has 0 radical (unpaired) electrons. The first-order chi connectivity index (χ1) is 10.2. The minimum absolute atomic E-state index is 0.290. The summed E-state index contributed by atoms with van der Waals surface area (Å²) in [6, 6.07) is 5.19. The van der Waals surface area contributed by atoms with E-state index < -0.39 is 0 Å². The summed E-state index contributed by atoms with van der Waals surface area (Å²) in [7, 11) is 1.69. The first-order valence-corrected chi connectivity index (χ1v) is 8.29. The van der Waals surface area contributed by atoms with Gasteiger partial charge in [0.2, 0.25) is 0 Å². The van der Waals surface area contributed by atoms with E-state index in [1.165, 1.54) is 11.3 Å². The van der Waals surface area contributed by atoms with Crippen molar-refractivity contribution >= 4 is 27.3 Å². The van der Waals surface area contributed by atoms with Gasteiger partial charge < -0.3 is 10.1 Å². The molecule has 2 aromatic rings. The van der Waals surface area contributed by atoms with Crippen LogP contribution in [0.2, 0.25) is 0 Å². The molecule has 0 saturated heterocycles. The highest BCUT2D eigenvalue weighted by atomic mass is 79.9. The fourth-order valence-corrected chi connectivity index (χ4v) is 3.06. The van der Waals surface area contributed by atoms with Crippen LogP contribution in [-0.2, 0) is 11.2 Å². The quantitative estimate of drug-likeness (QED) is 0.721. The Bertz CT molecular complexity index is 579. The molecular weight excluding hydrogens is 357 g/mol. The average molecular weight is 374 g/mol. The Hall–Kier alpha value is -0.890. The second-order valence-electron chi connectivity index (χ2n) is 4.45. The second kappa shape index (κ2) is 8.53. The lowest BCUT2D eigenvalue weighted by Crippen LogP contribution is -2.20. The van der Waals surface area contributed by atoms with Gasteiger partial charge in [-0.3, -0.25) is 0 Å². The Morgan fingerprint density at radius 2 is 2.19 bits per heavy atom. The molecule has 0 unspecified atom stereocenters. The summed E-state index contributed by atoms with van der Waals surface area (Å²) in [4.78, 5) is 0. The predicted molar refractivity (Wildman–Crippen MR) is 86.1 cm³/mol. The van der Waals surface area contributed by atoms with E-state index in [1.807, 2.05) is 0 Å². The fourth-order valence-electron chi connectivity index (χ4n) is 1.80. The third-order valence-corrected chi connectivity index (χ3v) is 4.50. The van der Waals surface area contributed by atoms with Crippen LogP contribution in [0.25, 0.3) is 10.6 Å². The smallest absolute Gasteiger partial charge is 0.150 e. The largest absolute Gasteiger partial charge is 0.383 e. The number of hydrogen-bond donors (Lipinski definition) is 1. The molecule has 0 fully saturated rings. The van der Waals surface area contributed by atoms with Crippen molar-refractivity contribution in [3.05, 3.63) is 33.5 Å². The van der Waals surface area contributed by atoms with Crippen molar-refractivity contribution in [3.63, 3.8) is 0 Å². The molecule has 1 aromatic heterocycles. The number of hydrogen-bond acceptors (Lipinski definition) is 5. The van der Waals surface area contributed by atoms with Gasteiger partial charge >= 0.3 is 0 Å². The van der Waals surface area contributed by atoms with Crippen molar-refractivity contribution in [2.75, 3.05) is 26.8 Å². The Labute approximate surface area is 135 Å². The van der Waals surface area contributed by atoms with E-state index in [2.05, 4.69) is 31.4 Å². The average Bonchev–Trinajstić information content (AvgIpc) is 2.94. The number of ether oxygens (including phenoxy) is 1. The van der Waals surface area contributed by atoms with E-state index in [0.717, 1.165) is 30.9 Å². The Morgan fingerprint density at radius 3 is 3.00 bits per heavy atom. The monoisotopic (exact) mass is 373 g/mol. The van der Waals surface area contributed by atoms with Gasteiger partial charge in [0.1, 0.15) is 10.8 Å². The molecule has 0 atom stereocenters. The van der Waals surface area contributed by atoms with Crippen LogP contribution in [-0.4, -0.2) is 37.0 Å². The maximum absolute atomic E-state index is 14.0. The molecule has 114 valence electrons. The highest BCUT2D eigenvalue weighted by molar-refractivity contribution is 9.10. The molecule has 2 rings (SSSR count). The van der Waals surface area contributed by atoms with Gasteiger partial charge in [-0.05, 0) is 41.0 Å². The molecule has 1 aromatic carbocycles. The highest BCUT2D eigenvalue weighted by Crippen LogP contribution is 2.30. The Kier molecular flexibility index (Phi) is 6.69. The third-order valence-electron chi connectivity index (χ3n) is 2.88. The van der Waals surface area contributed by atoms with E-state index in [0.29, 0.717) is 21.7 Å². The highest BCUT2D eigenvalue weighted by Gasteiger charge is 2.13. The van der Waals surface area contributed by atoms with Crippen LogP contribution < -0.4 is 5.32 Å². The predicted octanol–water partition coefficient (Wildman–Crippen LogP) is 3.28. The van der Waals surface area contributed by atoms with E-state index >= 15 is 0 Å². The van der Waals surface area contributed by atoms with E-state index in [1.54, 1.807) is 25.3 Å². The first kappa shape index (κ1) is 16.5. The molecule has 7 heteroatoms. The van der Waals surface area contributed by atoms with E-state index in [9.17, 15) is 4.39 Å². The van der Waals surface area contributed by atoms with Gasteiger partial charge in [0, 0.05) is 25.6 Å². The molecule has 1 heterocycles. The summed E-state index contributed by atoms with van der Waals surface area (Å²) in [5.74, 6) is -0.290. The lowest BCUT2D eigenvalue weighted by Gasteiger charge is -2.02. The molecule has 0 aliphatic carbocycles. The minimum atomic E-state index is -0.290. The molecule has 0 aliphatic heterocycles. The van der Waals surface area contributed by atoms with Gasteiger partial charge in [0.25, 0.3) is 0 Å². The standard InChI is InChI=1S/C14H17BrFN3OS/c1-20-9-8-17-7-3-6-12-18-19-14(21-12)10-4-2-5-11(15)13(10)16/h2,4-5,17H,3,6-9H2,1H3. The number of halogens is 2. The van der Waals surface area contributed by atoms with Gasteiger partial charge in [-0.25, -0.2) is 4.39 Å². The molecule has 0 bridgehead atoms. The van der Waals surface area contributed by atoms with Crippen LogP contribution in [0.1, 0.15) is 11.4 Å². The number of rotatable bonds is 8. The van der Waals surface area contributed by atoms with Crippen molar-refractivity contribution in [2.24, 2.45) is 0 Å². The Balaban J connectivity index is 1.88. The number of nitrogens with zero attached hydrogens (tertiary/aromatic N) is 2. The summed E-state index contributed by atoms with van der Waals surface area (Å²) in [6.07, 6.45) is 1.81. The van der Waals surface area contributed by atoms with Crippen molar-refractivity contribution < 1.29 is 9.13 Å². The zero-order valence-electron chi connectivity index (χ0n) is 11.7. The second-order valence-corrected chi connectivity index (χ2v) is 6.37. The maximum Gasteiger partial charge on any atom is 0.150 e. The lowest BCUT2D eigenvalue weighted by molar-refractivity contribution is 0.199. The fraction of sp³-hybridized carbons (Fsp3) is 0.429. The molecule has 21 heavy (non-hydrogen) atoms. The van der Waals surface area contributed by atoms with Crippen LogP contribution in [0.5, 0.6) is 0 Å². The van der Waals surface area contributed by atoms with Gasteiger partial charge in [-0.1, -0.05) is 17.4 Å². The Morgan fingerprint density at radius 1 is 1.33 bits per heavy atom. The summed E-state index contributed by atoms with van der Waals surface area (Å²) in [5, 5.41) is 13.0. The zero-order valence-corrected chi connectivity index (χ0v) is 14.1. The number of benzene rings is 1. The summed E-state index contributed by atoms with van der Waals surface area (Å²) >= 11 is 4.63. The van der Waals surface area contributed by atoms with Crippen LogP contribution in [0, 0.1) is 5.82 Å². The van der Waals surface area contributed by atoms with E-state index in [4.69, 9.17) is 4.74 Å². The van der Waals surface area contributed by atoms with Gasteiger partial charge in [-0.15, -0.1) is 10.2 Å². The summed E-state index contributed by atoms with van der Waals surface area (Å²) in [5.41, 5.74) is 0.492. The minimum Gasteiger partial charge on any atom is -0.383 e. The molecule has 1 N–H and O–H groups in total. The number of methoxy groups -OCH3 is 1. The topological polar surface area (TPSA) is 47.0 Å².